The maximum absolute atomic E-state index is 13.8. The van der Waals surface area contributed by atoms with Crippen LogP contribution in [0.25, 0.3) is 6.08 Å². The van der Waals surface area contributed by atoms with E-state index in [1.807, 2.05) is 30.3 Å². The van der Waals surface area contributed by atoms with E-state index in [0.29, 0.717) is 21.8 Å². The lowest BCUT2D eigenvalue weighted by Crippen LogP contribution is -2.30. The number of methoxy groups -OCH3 is 1. The van der Waals surface area contributed by atoms with Crippen molar-refractivity contribution in [3.8, 4) is 0 Å². The highest BCUT2D eigenvalue weighted by Crippen LogP contribution is 2.37. The van der Waals surface area contributed by atoms with Gasteiger partial charge in [0.2, 0.25) is 5.91 Å². The summed E-state index contributed by atoms with van der Waals surface area (Å²) in [6.07, 6.45) is 1.24. The first kappa shape index (κ1) is 34.8. The third-order valence-corrected chi connectivity index (χ3v) is 8.49. The quantitative estimate of drug-likeness (QED) is 0.0407. The number of carbonyl (C=O) groups excluding carboxylic acids is 4. The van der Waals surface area contributed by atoms with Crippen LogP contribution in [0.2, 0.25) is 0 Å². The summed E-state index contributed by atoms with van der Waals surface area (Å²) >= 11 is 1.22. The van der Waals surface area contributed by atoms with Gasteiger partial charge in [-0.05, 0) is 60.2 Å². The monoisotopic (exact) mass is 686 g/mol. The van der Waals surface area contributed by atoms with E-state index in [-0.39, 0.29) is 28.1 Å². The number of rotatable bonds is 12. The van der Waals surface area contributed by atoms with Crippen LogP contribution in [0, 0.1) is 10.1 Å². The average Bonchev–Trinajstić information content (AvgIpc) is 3.14. The Labute approximate surface area is 291 Å². The van der Waals surface area contributed by atoms with Gasteiger partial charge < -0.3 is 20.7 Å². The highest BCUT2D eigenvalue weighted by atomic mass is 32.2. The number of anilines is 2. The molecule has 12 heteroatoms. The molecule has 3 N–H and O–H groups in total. The van der Waals surface area contributed by atoms with Crippen LogP contribution < -0.4 is 16.0 Å². The summed E-state index contributed by atoms with van der Waals surface area (Å²) in [4.78, 5) is 64.5. The van der Waals surface area contributed by atoms with E-state index >= 15 is 0 Å². The van der Waals surface area contributed by atoms with Crippen LogP contribution in [0.15, 0.2) is 144 Å². The van der Waals surface area contributed by atoms with E-state index < -0.39 is 33.9 Å². The third kappa shape index (κ3) is 8.88. The molecule has 50 heavy (non-hydrogen) atoms. The summed E-state index contributed by atoms with van der Waals surface area (Å²) in [7, 11) is 1.26. The van der Waals surface area contributed by atoms with E-state index in [0.717, 1.165) is 0 Å². The van der Waals surface area contributed by atoms with E-state index in [9.17, 15) is 29.3 Å². The zero-order valence-corrected chi connectivity index (χ0v) is 27.4. The highest BCUT2D eigenvalue weighted by molar-refractivity contribution is 8.00. The van der Waals surface area contributed by atoms with Crippen LogP contribution in [0.3, 0.4) is 0 Å². The van der Waals surface area contributed by atoms with Crippen molar-refractivity contribution in [2.45, 2.75) is 10.1 Å². The molecule has 0 heterocycles. The lowest BCUT2D eigenvalue weighted by molar-refractivity contribution is -0.385. The Morgan fingerprint density at radius 3 is 2.16 bits per heavy atom. The number of esters is 1. The second-order valence-corrected chi connectivity index (χ2v) is 11.8. The van der Waals surface area contributed by atoms with Crippen LogP contribution in [-0.2, 0) is 14.3 Å². The van der Waals surface area contributed by atoms with E-state index in [2.05, 4.69) is 16.0 Å². The molecule has 0 saturated heterocycles. The zero-order valence-electron chi connectivity index (χ0n) is 26.6. The van der Waals surface area contributed by atoms with Crippen LogP contribution in [0.1, 0.15) is 37.1 Å². The summed E-state index contributed by atoms with van der Waals surface area (Å²) in [5, 5.41) is 19.1. The molecule has 1 atom stereocenters. The number of para-hydroxylation sites is 2. The molecule has 0 aliphatic carbocycles. The first-order valence-corrected chi connectivity index (χ1v) is 16.0. The lowest BCUT2D eigenvalue weighted by atomic mass is 10.1. The molecule has 5 rings (SSSR count). The van der Waals surface area contributed by atoms with Gasteiger partial charge in [-0.25, -0.2) is 4.79 Å². The zero-order chi connectivity index (χ0) is 35.5. The number of nitro groups is 1. The molecular formula is C38H30N4O7S. The molecule has 5 aromatic rings. The molecule has 11 nitrogen and oxygen atoms in total. The predicted octanol–water partition coefficient (Wildman–Crippen LogP) is 7.26. The number of nitrogens with one attached hydrogen (secondary N) is 3. The summed E-state index contributed by atoms with van der Waals surface area (Å²) in [6, 6.07) is 36.4. The number of thioether (sulfide) groups is 1. The molecule has 0 aliphatic heterocycles. The first-order valence-electron chi connectivity index (χ1n) is 15.2. The van der Waals surface area contributed by atoms with Gasteiger partial charge in [0.1, 0.15) is 10.9 Å². The molecule has 1 unspecified atom stereocenters. The van der Waals surface area contributed by atoms with Gasteiger partial charge in [-0.3, -0.25) is 24.5 Å². The van der Waals surface area contributed by atoms with Crippen LogP contribution in [0.5, 0.6) is 0 Å². The largest absolute Gasteiger partial charge is 0.465 e. The molecular weight excluding hydrogens is 657 g/mol. The van der Waals surface area contributed by atoms with Crippen LogP contribution >= 0.6 is 11.8 Å². The number of ether oxygens (including phenoxy) is 1. The number of carbonyl (C=O) groups is 4. The fourth-order valence-electron chi connectivity index (χ4n) is 4.83. The molecule has 0 aromatic heterocycles. The van der Waals surface area contributed by atoms with Crippen molar-refractivity contribution in [3.63, 3.8) is 0 Å². The van der Waals surface area contributed by atoms with Gasteiger partial charge in [0.25, 0.3) is 17.5 Å². The highest BCUT2D eigenvalue weighted by Gasteiger charge is 2.25. The Kier molecular flexibility index (Phi) is 11.5. The standard InChI is InChI=1S/C38H30N4O7S/c1-49-38(46)30-20-9-10-21-31(30)40-37(45)34(25-13-4-2-5-14-25)50-29-19-12-18-28(24-29)39-36(44)32(41-35(43)26-15-6-3-7-16-26)23-27-17-8-11-22-33(27)42(47)48/h2-24,34H,1H3,(H,39,44)(H,40,45)(H,41,43)/b32-23+. The SMILES string of the molecule is COC(=O)c1ccccc1NC(=O)C(Sc1cccc(NC(=O)/C(=C\c2ccccc2[N+](=O)[O-])NC(=O)c2ccccc2)c1)c1ccccc1. The van der Waals surface area contributed by atoms with Crippen molar-refractivity contribution in [3.05, 3.63) is 172 Å². The molecule has 0 fully saturated rings. The fraction of sp³-hybridized carbons (Fsp3) is 0.0526. The van der Waals surface area contributed by atoms with Crippen molar-refractivity contribution in [1.82, 2.24) is 5.32 Å². The summed E-state index contributed by atoms with van der Waals surface area (Å²) in [5.74, 6) is -2.31. The predicted molar refractivity (Wildman–Crippen MR) is 192 cm³/mol. The van der Waals surface area contributed by atoms with E-state index in [1.165, 1.54) is 43.1 Å². The lowest BCUT2D eigenvalue weighted by Gasteiger charge is -2.19. The van der Waals surface area contributed by atoms with E-state index in [1.54, 1.807) is 84.9 Å². The van der Waals surface area contributed by atoms with Crippen molar-refractivity contribution >= 4 is 58.6 Å². The van der Waals surface area contributed by atoms with Crippen molar-refractivity contribution in [2.75, 3.05) is 17.7 Å². The molecule has 3 amide bonds. The second kappa shape index (κ2) is 16.5. The number of benzene rings is 5. The summed E-state index contributed by atoms with van der Waals surface area (Å²) in [6.45, 7) is 0. The minimum atomic E-state index is -0.771. The maximum atomic E-state index is 13.8. The van der Waals surface area contributed by atoms with Gasteiger partial charge in [-0.2, -0.15) is 0 Å². The number of hydrogen-bond donors (Lipinski definition) is 3. The second-order valence-electron chi connectivity index (χ2n) is 10.6. The molecule has 0 saturated carbocycles. The summed E-state index contributed by atoms with van der Waals surface area (Å²) in [5.41, 5.74) is 1.46. The molecule has 250 valence electrons. The molecule has 0 radical (unpaired) electrons. The number of nitrogens with zero attached hydrogens (tertiary/aromatic N) is 1. The Hall–Kier alpha value is -6.53. The first-order chi connectivity index (χ1) is 24.2. The smallest absolute Gasteiger partial charge is 0.339 e. The molecule has 5 aromatic carbocycles. The maximum Gasteiger partial charge on any atom is 0.339 e. The van der Waals surface area contributed by atoms with Crippen molar-refractivity contribution in [2.24, 2.45) is 0 Å². The van der Waals surface area contributed by atoms with Crippen molar-refractivity contribution in [1.29, 1.82) is 0 Å². The van der Waals surface area contributed by atoms with Gasteiger partial charge in [-0.15, -0.1) is 11.8 Å². The Balaban J connectivity index is 1.42. The van der Waals surface area contributed by atoms with Crippen LogP contribution in [0.4, 0.5) is 17.1 Å². The molecule has 0 bridgehead atoms. The minimum absolute atomic E-state index is 0.116. The Bertz CT molecular complexity index is 2070. The van der Waals surface area contributed by atoms with Gasteiger partial charge in [0.05, 0.1) is 28.8 Å². The van der Waals surface area contributed by atoms with Gasteiger partial charge in [0, 0.05) is 22.2 Å². The fourth-order valence-corrected chi connectivity index (χ4v) is 5.92. The van der Waals surface area contributed by atoms with Gasteiger partial charge >= 0.3 is 5.97 Å². The Morgan fingerprint density at radius 2 is 1.44 bits per heavy atom. The topological polar surface area (TPSA) is 157 Å². The minimum Gasteiger partial charge on any atom is -0.465 e. The van der Waals surface area contributed by atoms with Gasteiger partial charge in [-0.1, -0.05) is 78.9 Å². The van der Waals surface area contributed by atoms with Gasteiger partial charge in [0.15, 0.2) is 0 Å². The average molecular weight is 687 g/mol. The molecule has 0 aliphatic rings. The normalized spacial score (nSPS) is 11.5. The number of hydrogen-bond acceptors (Lipinski definition) is 8. The summed E-state index contributed by atoms with van der Waals surface area (Å²) < 4.78 is 4.87. The van der Waals surface area contributed by atoms with Crippen LogP contribution in [-0.4, -0.2) is 35.7 Å². The van der Waals surface area contributed by atoms with Crippen molar-refractivity contribution < 1.29 is 28.8 Å². The Morgan fingerprint density at radius 1 is 0.780 bits per heavy atom. The molecule has 0 spiro atoms. The number of amides is 3. The van der Waals surface area contributed by atoms with E-state index in [4.69, 9.17) is 4.74 Å². The third-order valence-electron chi connectivity index (χ3n) is 7.24. The number of nitro benzene ring substituents is 1.